The van der Waals surface area contributed by atoms with Crippen LogP contribution >= 0.6 is 0 Å². The number of rotatable bonds is 3. The molecule has 1 aliphatic rings. The van der Waals surface area contributed by atoms with Crippen molar-refractivity contribution in [3.63, 3.8) is 0 Å². The Balaban J connectivity index is 1.87. The van der Waals surface area contributed by atoms with Crippen molar-refractivity contribution in [1.82, 2.24) is 0 Å². The van der Waals surface area contributed by atoms with Crippen LogP contribution in [0.5, 0.6) is 0 Å². The van der Waals surface area contributed by atoms with Gasteiger partial charge in [0, 0.05) is 0 Å². The maximum Gasteiger partial charge on any atom is -0.00324 e. The van der Waals surface area contributed by atoms with Crippen molar-refractivity contribution in [3.05, 3.63) is 131 Å². The average Bonchev–Trinajstić information content (AvgIpc) is 3.14. The van der Waals surface area contributed by atoms with Crippen LogP contribution in [0.25, 0.3) is 11.1 Å². The fourth-order valence-corrected chi connectivity index (χ4v) is 3.02. The summed E-state index contributed by atoms with van der Waals surface area (Å²) in [7, 11) is 0. The first-order chi connectivity index (χ1) is 11.9. The third-order valence-corrected chi connectivity index (χ3v) is 4.18. The van der Waals surface area contributed by atoms with Gasteiger partial charge in [-0.05, 0) is 51.6 Å². The summed E-state index contributed by atoms with van der Waals surface area (Å²) in [5.41, 5.74) is 7.20. The van der Waals surface area contributed by atoms with Gasteiger partial charge in [0.2, 0.25) is 0 Å². The zero-order chi connectivity index (χ0) is 16.2. The lowest BCUT2D eigenvalue weighted by Crippen LogP contribution is -1.91. The highest BCUT2D eigenvalue weighted by Gasteiger charge is 2.13. The molecule has 0 spiro atoms. The van der Waals surface area contributed by atoms with Crippen LogP contribution < -0.4 is 0 Å². The van der Waals surface area contributed by atoms with E-state index in [1.54, 1.807) is 0 Å². The van der Waals surface area contributed by atoms with E-state index < -0.39 is 0 Å². The zero-order valence-corrected chi connectivity index (χ0v) is 13.3. The summed E-state index contributed by atoms with van der Waals surface area (Å²) in [6.45, 7) is 0. The molecule has 0 aliphatic heterocycles. The zero-order valence-electron chi connectivity index (χ0n) is 13.3. The second-order valence-electron chi connectivity index (χ2n) is 5.78. The minimum atomic E-state index is 1.13. The van der Waals surface area contributed by atoms with Gasteiger partial charge >= 0.3 is 0 Å². The molecule has 113 valence electrons. The van der Waals surface area contributed by atoms with Gasteiger partial charge in [0.05, 0.1) is 0 Å². The smallest absolute Gasteiger partial charge is 0.00324 e. The number of benzene rings is 3. The first-order valence-electron chi connectivity index (χ1n) is 8.14. The fourth-order valence-electron chi connectivity index (χ4n) is 3.02. The molecule has 0 aromatic heterocycles. The van der Waals surface area contributed by atoms with Crippen LogP contribution in [0.1, 0.15) is 16.7 Å². The van der Waals surface area contributed by atoms with Crippen molar-refractivity contribution < 1.29 is 0 Å². The molecule has 0 saturated carbocycles. The monoisotopic (exact) mass is 305 g/mol. The normalized spacial score (nSPS) is 13.0. The molecule has 24 heavy (non-hydrogen) atoms. The topological polar surface area (TPSA) is 0 Å². The molecule has 0 bridgehead atoms. The van der Waals surface area contributed by atoms with Crippen molar-refractivity contribution in [2.75, 3.05) is 0 Å². The summed E-state index contributed by atoms with van der Waals surface area (Å²) < 4.78 is 0. The van der Waals surface area contributed by atoms with Crippen LogP contribution in [0.4, 0.5) is 0 Å². The molecule has 3 aromatic rings. The van der Waals surface area contributed by atoms with Gasteiger partial charge in [0.25, 0.3) is 0 Å². The Bertz CT molecular complexity index is 870. The Morgan fingerprint density at radius 3 is 1.62 bits per heavy atom. The Morgan fingerprint density at radius 2 is 1.08 bits per heavy atom. The summed E-state index contributed by atoms with van der Waals surface area (Å²) >= 11 is 0. The molecule has 0 fully saturated rings. The maximum atomic E-state index is 3.46. The third-order valence-electron chi connectivity index (χ3n) is 4.18. The second-order valence-corrected chi connectivity index (χ2v) is 5.78. The van der Waals surface area contributed by atoms with E-state index in [-0.39, 0.29) is 0 Å². The van der Waals surface area contributed by atoms with Crippen molar-refractivity contribution in [2.24, 2.45) is 0 Å². The van der Waals surface area contributed by atoms with E-state index in [0.29, 0.717) is 0 Å². The van der Waals surface area contributed by atoms with E-state index in [9.17, 15) is 0 Å². The van der Waals surface area contributed by atoms with Crippen molar-refractivity contribution in [1.29, 1.82) is 0 Å². The number of hydrogen-bond acceptors (Lipinski definition) is 0. The van der Waals surface area contributed by atoms with E-state index in [2.05, 4.69) is 103 Å². The van der Waals surface area contributed by atoms with Gasteiger partial charge in [0.15, 0.2) is 0 Å². The van der Waals surface area contributed by atoms with Gasteiger partial charge in [-0.3, -0.25) is 0 Å². The molecule has 0 unspecified atom stereocenters. The van der Waals surface area contributed by atoms with Crippen LogP contribution in [-0.4, -0.2) is 0 Å². The molecule has 0 amide bonds. The minimum absolute atomic E-state index is 1.13. The Hall–Kier alpha value is -3.12. The maximum absolute atomic E-state index is 3.46. The fraction of sp³-hybridized carbons (Fsp3) is 0. The lowest BCUT2D eigenvalue weighted by atomic mass is 9.93. The molecule has 4 rings (SSSR count). The van der Waals surface area contributed by atoms with E-state index in [4.69, 9.17) is 0 Å². The first kappa shape index (κ1) is 14.5. The molecule has 0 nitrogen and oxygen atoms in total. The van der Waals surface area contributed by atoms with E-state index in [1.807, 2.05) is 6.07 Å². The number of hydrogen-bond donors (Lipinski definition) is 0. The predicted molar refractivity (Wildman–Crippen MR) is 101 cm³/mol. The van der Waals surface area contributed by atoms with Crippen LogP contribution in [0.3, 0.4) is 0 Å². The highest BCUT2D eigenvalue weighted by molar-refractivity contribution is 5.90. The molecule has 0 saturated heterocycles. The summed E-state index contributed by atoms with van der Waals surface area (Å²) in [6, 6.07) is 31.5. The van der Waals surface area contributed by atoms with Gasteiger partial charge in [-0.25, -0.2) is 0 Å². The van der Waals surface area contributed by atoms with Crippen molar-refractivity contribution in [2.45, 2.75) is 0 Å². The lowest BCUT2D eigenvalue weighted by Gasteiger charge is -2.10. The second kappa shape index (κ2) is 6.55. The highest BCUT2D eigenvalue weighted by atomic mass is 14.2. The van der Waals surface area contributed by atoms with Gasteiger partial charge < -0.3 is 0 Å². The molecule has 1 aliphatic carbocycles. The lowest BCUT2D eigenvalue weighted by molar-refractivity contribution is 1.51. The van der Waals surface area contributed by atoms with Gasteiger partial charge in [-0.1, -0.05) is 91.0 Å². The number of allylic oxidation sites excluding steroid dienone is 5. The van der Waals surface area contributed by atoms with E-state index >= 15 is 0 Å². The molecule has 0 N–H and O–H groups in total. The Labute approximate surface area is 143 Å². The van der Waals surface area contributed by atoms with Crippen LogP contribution in [0, 0.1) is 6.08 Å². The van der Waals surface area contributed by atoms with Gasteiger partial charge in [-0.2, -0.15) is 0 Å². The molecule has 0 heteroatoms. The Kier molecular flexibility index (Phi) is 3.95. The summed E-state index contributed by atoms with van der Waals surface area (Å²) in [6.07, 6.45) is 7.77. The largest absolute Gasteiger partial charge is 0.0622 e. The van der Waals surface area contributed by atoms with Crippen LogP contribution in [0.15, 0.2) is 109 Å². The summed E-state index contributed by atoms with van der Waals surface area (Å²) in [5.74, 6) is 0. The van der Waals surface area contributed by atoms with Gasteiger partial charge in [-0.15, -0.1) is 0 Å². The van der Waals surface area contributed by atoms with Crippen LogP contribution in [-0.2, 0) is 0 Å². The Morgan fingerprint density at radius 1 is 0.583 bits per heavy atom. The minimum Gasteiger partial charge on any atom is -0.0622 e. The van der Waals surface area contributed by atoms with Gasteiger partial charge in [0.1, 0.15) is 0 Å². The first-order valence-corrected chi connectivity index (χ1v) is 8.14. The van der Waals surface area contributed by atoms with E-state index in [1.165, 1.54) is 27.8 Å². The highest BCUT2D eigenvalue weighted by Crippen LogP contribution is 2.33. The molecule has 0 heterocycles. The van der Waals surface area contributed by atoms with Crippen molar-refractivity contribution in [3.8, 4) is 0 Å². The quantitative estimate of drug-likeness (QED) is 0.561. The van der Waals surface area contributed by atoms with Crippen molar-refractivity contribution >= 4 is 11.1 Å². The molecule has 0 atom stereocenters. The van der Waals surface area contributed by atoms with E-state index in [0.717, 1.165) is 5.57 Å². The average molecular weight is 305 g/mol. The molecular formula is C24H17. The predicted octanol–water partition coefficient (Wildman–Crippen LogP) is 5.95. The molecule has 3 aromatic carbocycles. The SMILES string of the molecule is [C]1=CC(c2ccccc2)=CC1=C(c1ccccc1)c1ccccc1. The third kappa shape index (κ3) is 2.87. The summed E-state index contributed by atoms with van der Waals surface area (Å²) in [5, 5.41) is 0. The molecular weight excluding hydrogens is 288 g/mol. The standard InChI is InChI=1S/C24H17/c1-4-10-19(11-5-1)22-16-17-23(18-22)24(20-12-6-2-7-13-20)21-14-8-3-9-15-21/h1-16,18H. The van der Waals surface area contributed by atoms with Crippen LogP contribution in [0.2, 0.25) is 0 Å². The summed E-state index contributed by atoms with van der Waals surface area (Å²) in [4.78, 5) is 0. The molecule has 1 radical (unpaired) electrons.